The second kappa shape index (κ2) is 5.14. The van der Waals surface area contributed by atoms with E-state index < -0.39 is 18.2 Å². The minimum atomic E-state index is -1.03. The number of nitrogens with zero attached hydrogens (tertiary/aromatic N) is 1. The summed E-state index contributed by atoms with van der Waals surface area (Å²) in [6, 6.07) is 1.78. The third kappa shape index (κ3) is 2.65. The number of carbonyl (C=O) groups excluding carboxylic acids is 1. The van der Waals surface area contributed by atoms with Gasteiger partial charge in [0.1, 0.15) is 6.10 Å². The first-order chi connectivity index (χ1) is 8.58. The van der Waals surface area contributed by atoms with E-state index >= 15 is 0 Å². The van der Waals surface area contributed by atoms with Crippen molar-refractivity contribution in [3.8, 4) is 0 Å². The Morgan fingerprint density at radius 3 is 2.78 bits per heavy atom. The highest BCUT2D eigenvalue weighted by Gasteiger charge is 2.34. The molecule has 1 aromatic heterocycles. The number of rotatable bonds is 3. The number of pyridine rings is 1. The molecule has 0 saturated carbocycles. The molecule has 1 aromatic rings. The van der Waals surface area contributed by atoms with Crippen LogP contribution in [0, 0.1) is 6.92 Å². The van der Waals surface area contributed by atoms with Gasteiger partial charge >= 0.3 is 5.97 Å². The van der Waals surface area contributed by atoms with Crippen molar-refractivity contribution < 1.29 is 19.4 Å². The number of ether oxygens (including phenoxy) is 1. The lowest BCUT2D eigenvalue weighted by atomic mass is 10.2. The number of aromatic nitrogens is 1. The average molecular weight is 250 g/mol. The van der Waals surface area contributed by atoms with E-state index in [0.29, 0.717) is 18.5 Å². The van der Waals surface area contributed by atoms with Gasteiger partial charge in [0.25, 0.3) is 5.91 Å². The smallest absolute Gasteiger partial charge is 0.332 e. The molecule has 0 spiro atoms. The lowest BCUT2D eigenvalue weighted by Gasteiger charge is -2.12. The summed E-state index contributed by atoms with van der Waals surface area (Å²) in [5.74, 6) is -1.35. The Balaban J connectivity index is 1.98. The quantitative estimate of drug-likeness (QED) is 0.834. The maximum Gasteiger partial charge on any atom is 0.332 e. The highest BCUT2D eigenvalue weighted by atomic mass is 16.5. The number of carboxylic acids is 1. The van der Waals surface area contributed by atoms with Crippen molar-refractivity contribution in [1.82, 2.24) is 4.98 Å². The standard InChI is InChI=1S/C12H14N2O4/c1-7-4-5-13-6-8(7)14-11(15)9-2-3-10(18-9)12(16)17/h4-6,9-10H,2-3H2,1H3,(H,14,15)(H,16,17)/t9-,10+/m0/s1. The zero-order valence-electron chi connectivity index (χ0n) is 9.92. The maximum absolute atomic E-state index is 11.9. The second-order valence-electron chi connectivity index (χ2n) is 4.21. The third-order valence-electron chi connectivity index (χ3n) is 2.88. The molecule has 0 aromatic carbocycles. The van der Waals surface area contributed by atoms with Crippen molar-refractivity contribution in [3.63, 3.8) is 0 Å². The molecule has 0 radical (unpaired) electrons. The predicted molar refractivity (Wildman–Crippen MR) is 63.1 cm³/mol. The first-order valence-electron chi connectivity index (χ1n) is 5.67. The first kappa shape index (κ1) is 12.5. The van der Waals surface area contributed by atoms with Gasteiger partial charge in [0.15, 0.2) is 6.10 Å². The zero-order valence-corrected chi connectivity index (χ0v) is 9.92. The van der Waals surface area contributed by atoms with Crippen LogP contribution >= 0.6 is 0 Å². The van der Waals surface area contributed by atoms with Gasteiger partial charge in [-0.25, -0.2) is 4.79 Å². The fourth-order valence-electron chi connectivity index (χ4n) is 1.82. The summed E-state index contributed by atoms with van der Waals surface area (Å²) in [5.41, 5.74) is 1.51. The summed E-state index contributed by atoms with van der Waals surface area (Å²) in [7, 11) is 0. The van der Waals surface area contributed by atoms with Crippen LogP contribution < -0.4 is 5.32 Å². The molecule has 2 atom stereocenters. The monoisotopic (exact) mass is 250 g/mol. The van der Waals surface area contributed by atoms with Crippen LogP contribution in [0.15, 0.2) is 18.5 Å². The fourth-order valence-corrected chi connectivity index (χ4v) is 1.82. The number of aryl methyl sites for hydroxylation is 1. The molecule has 1 aliphatic heterocycles. The molecule has 6 heteroatoms. The van der Waals surface area contributed by atoms with Crippen LogP contribution in [-0.2, 0) is 14.3 Å². The number of hydrogen-bond acceptors (Lipinski definition) is 4. The molecule has 1 amide bonds. The van der Waals surface area contributed by atoms with E-state index in [1.165, 1.54) is 0 Å². The van der Waals surface area contributed by atoms with Crippen LogP contribution in [0.4, 0.5) is 5.69 Å². The second-order valence-corrected chi connectivity index (χ2v) is 4.21. The van der Waals surface area contributed by atoms with Gasteiger partial charge in [-0.3, -0.25) is 9.78 Å². The Labute approximate surface area is 104 Å². The number of anilines is 1. The van der Waals surface area contributed by atoms with Crippen molar-refractivity contribution in [1.29, 1.82) is 0 Å². The number of amides is 1. The van der Waals surface area contributed by atoms with Crippen molar-refractivity contribution in [2.45, 2.75) is 32.0 Å². The molecule has 96 valence electrons. The van der Waals surface area contributed by atoms with E-state index in [2.05, 4.69) is 10.3 Å². The Kier molecular flexibility index (Phi) is 3.57. The summed E-state index contributed by atoms with van der Waals surface area (Å²) < 4.78 is 5.16. The Morgan fingerprint density at radius 2 is 2.17 bits per heavy atom. The fraction of sp³-hybridized carbons (Fsp3) is 0.417. The van der Waals surface area contributed by atoms with Crippen LogP contribution in [-0.4, -0.2) is 34.2 Å². The molecule has 2 heterocycles. The third-order valence-corrected chi connectivity index (χ3v) is 2.88. The van der Waals surface area contributed by atoms with Gasteiger partial charge in [-0.15, -0.1) is 0 Å². The van der Waals surface area contributed by atoms with Crippen LogP contribution in [0.1, 0.15) is 18.4 Å². The Morgan fingerprint density at radius 1 is 1.44 bits per heavy atom. The molecule has 1 aliphatic rings. The molecule has 1 saturated heterocycles. The summed E-state index contributed by atoms with van der Waals surface area (Å²) in [6.07, 6.45) is 2.39. The van der Waals surface area contributed by atoms with E-state index in [4.69, 9.17) is 9.84 Å². The van der Waals surface area contributed by atoms with Crippen molar-refractivity contribution in [2.24, 2.45) is 0 Å². The lowest BCUT2D eigenvalue weighted by Crippen LogP contribution is -2.30. The highest BCUT2D eigenvalue weighted by Crippen LogP contribution is 2.22. The summed E-state index contributed by atoms with van der Waals surface area (Å²) in [5, 5.41) is 11.5. The Bertz CT molecular complexity index is 475. The van der Waals surface area contributed by atoms with Crippen molar-refractivity contribution >= 4 is 17.6 Å². The largest absolute Gasteiger partial charge is 0.479 e. The highest BCUT2D eigenvalue weighted by molar-refractivity contribution is 5.95. The number of nitrogens with one attached hydrogen (secondary N) is 1. The Hall–Kier alpha value is -1.95. The molecule has 0 unspecified atom stereocenters. The van der Waals surface area contributed by atoms with Gasteiger partial charge in [0, 0.05) is 6.20 Å². The zero-order chi connectivity index (χ0) is 13.1. The van der Waals surface area contributed by atoms with Crippen LogP contribution in [0.3, 0.4) is 0 Å². The van der Waals surface area contributed by atoms with Crippen LogP contribution in [0.5, 0.6) is 0 Å². The summed E-state index contributed by atoms with van der Waals surface area (Å²) in [6.45, 7) is 1.85. The van der Waals surface area contributed by atoms with E-state index in [0.717, 1.165) is 5.56 Å². The lowest BCUT2D eigenvalue weighted by molar-refractivity contribution is -0.150. The van der Waals surface area contributed by atoms with Gasteiger partial charge in [-0.1, -0.05) is 0 Å². The van der Waals surface area contributed by atoms with Crippen molar-refractivity contribution in [3.05, 3.63) is 24.0 Å². The van der Waals surface area contributed by atoms with E-state index in [-0.39, 0.29) is 5.91 Å². The number of carbonyl (C=O) groups is 2. The van der Waals surface area contributed by atoms with Gasteiger partial charge in [-0.05, 0) is 31.4 Å². The molecule has 18 heavy (non-hydrogen) atoms. The molecule has 0 aliphatic carbocycles. The van der Waals surface area contributed by atoms with E-state index in [1.54, 1.807) is 18.5 Å². The first-order valence-corrected chi connectivity index (χ1v) is 5.67. The van der Waals surface area contributed by atoms with E-state index in [1.807, 2.05) is 6.92 Å². The topological polar surface area (TPSA) is 88.5 Å². The minimum Gasteiger partial charge on any atom is -0.479 e. The van der Waals surface area contributed by atoms with E-state index in [9.17, 15) is 9.59 Å². The minimum absolute atomic E-state index is 0.324. The number of hydrogen-bond donors (Lipinski definition) is 2. The normalized spacial score (nSPS) is 22.7. The molecular formula is C12H14N2O4. The number of aliphatic carboxylic acids is 1. The molecule has 0 bridgehead atoms. The van der Waals surface area contributed by atoms with Crippen LogP contribution in [0.2, 0.25) is 0 Å². The van der Waals surface area contributed by atoms with Crippen LogP contribution in [0.25, 0.3) is 0 Å². The maximum atomic E-state index is 11.9. The molecular weight excluding hydrogens is 236 g/mol. The van der Waals surface area contributed by atoms with Gasteiger partial charge in [0.05, 0.1) is 11.9 Å². The summed E-state index contributed by atoms with van der Waals surface area (Å²) >= 11 is 0. The SMILES string of the molecule is Cc1ccncc1NC(=O)[C@@H]1CC[C@H](C(=O)O)O1. The van der Waals surface area contributed by atoms with Crippen molar-refractivity contribution in [2.75, 3.05) is 5.32 Å². The van der Waals surface area contributed by atoms with Gasteiger partial charge in [0.2, 0.25) is 0 Å². The number of carboxylic acid groups (broad SMARTS) is 1. The average Bonchev–Trinajstić information content (AvgIpc) is 2.81. The predicted octanol–water partition coefficient (Wildman–Crippen LogP) is 0.961. The molecule has 6 nitrogen and oxygen atoms in total. The molecule has 2 N–H and O–H groups in total. The van der Waals surface area contributed by atoms with Gasteiger partial charge in [-0.2, -0.15) is 0 Å². The van der Waals surface area contributed by atoms with Gasteiger partial charge < -0.3 is 15.2 Å². The molecule has 2 rings (SSSR count). The summed E-state index contributed by atoms with van der Waals surface area (Å²) in [4.78, 5) is 26.5. The molecule has 1 fully saturated rings.